The van der Waals surface area contributed by atoms with E-state index in [4.69, 9.17) is 14.9 Å². The number of aromatic amines is 1. The number of hydrogen-bond acceptors (Lipinski definition) is 5. The molecule has 0 radical (unpaired) electrons. The van der Waals surface area contributed by atoms with E-state index in [1.54, 1.807) is 11.0 Å². The highest BCUT2D eigenvalue weighted by Gasteiger charge is 2.32. The third-order valence-electron chi connectivity index (χ3n) is 4.40. The van der Waals surface area contributed by atoms with Crippen molar-refractivity contribution in [3.8, 4) is 11.5 Å². The van der Waals surface area contributed by atoms with Crippen molar-refractivity contribution in [1.82, 2.24) is 9.97 Å². The van der Waals surface area contributed by atoms with E-state index >= 15 is 0 Å². The molecule has 0 spiro atoms. The van der Waals surface area contributed by atoms with Crippen molar-refractivity contribution < 1.29 is 14.6 Å². The van der Waals surface area contributed by atoms with Gasteiger partial charge >= 0.3 is 0 Å². The largest absolute Gasteiger partial charge is 0.509 e. The monoisotopic (exact) mass is 334 g/mol. The van der Waals surface area contributed by atoms with E-state index in [1.807, 2.05) is 36.4 Å². The second-order valence-corrected chi connectivity index (χ2v) is 5.90. The fourth-order valence-electron chi connectivity index (χ4n) is 3.17. The summed E-state index contributed by atoms with van der Waals surface area (Å²) in [4.78, 5) is 9.37. The number of aliphatic hydroxyl groups is 1. The van der Waals surface area contributed by atoms with Crippen LogP contribution in [0.25, 0.3) is 16.6 Å². The zero-order valence-electron chi connectivity index (χ0n) is 13.1. The van der Waals surface area contributed by atoms with E-state index in [2.05, 4.69) is 9.97 Å². The quantitative estimate of drug-likeness (QED) is 0.669. The van der Waals surface area contributed by atoms with Crippen molar-refractivity contribution in [2.24, 2.45) is 0 Å². The van der Waals surface area contributed by atoms with Crippen LogP contribution in [0, 0.1) is 5.41 Å². The van der Waals surface area contributed by atoms with Gasteiger partial charge < -0.3 is 24.5 Å². The van der Waals surface area contributed by atoms with Crippen LogP contribution < -0.4 is 14.4 Å². The third kappa shape index (κ3) is 2.06. The van der Waals surface area contributed by atoms with Crippen LogP contribution in [0.5, 0.6) is 11.5 Å². The smallest absolute Gasteiger partial charge is 0.231 e. The molecule has 5 rings (SSSR count). The first-order valence-electron chi connectivity index (χ1n) is 7.84. The van der Waals surface area contributed by atoms with Crippen molar-refractivity contribution in [3.05, 3.63) is 54.0 Å². The molecule has 0 amide bonds. The summed E-state index contributed by atoms with van der Waals surface area (Å²) in [7, 11) is 0. The van der Waals surface area contributed by atoms with Gasteiger partial charge in [-0.15, -0.1) is 0 Å². The number of amidine groups is 1. The number of rotatable bonds is 2. The molecule has 0 aliphatic carbocycles. The molecule has 1 aromatic heterocycles. The Morgan fingerprint density at radius 2 is 1.96 bits per heavy atom. The van der Waals surface area contributed by atoms with Gasteiger partial charge in [-0.1, -0.05) is 12.1 Å². The molecule has 3 aromatic rings. The zero-order chi connectivity index (χ0) is 17.0. The number of ether oxygens (including phenoxy) is 2. The molecule has 25 heavy (non-hydrogen) atoms. The number of nitrogens with one attached hydrogen (secondary N) is 2. The third-order valence-corrected chi connectivity index (χ3v) is 4.40. The van der Waals surface area contributed by atoms with Gasteiger partial charge in [-0.05, 0) is 24.3 Å². The summed E-state index contributed by atoms with van der Waals surface area (Å²) < 4.78 is 10.7. The lowest BCUT2D eigenvalue weighted by atomic mass is 10.2. The Bertz CT molecular complexity index is 1020. The van der Waals surface area contributed by atoms with Crippen LogP contribution in [-0.2, 0) is 0 Å². The normalized spacial score (nSPS) is 16.3. The number of fused-ring (bicyclic) bond motifs is 2. The van der Waals surface area contributed by atoms with Crippen LogP contribution in [-0.4, -0.2) is 34.2 Å². The Labute approximate surface area is 142 Å². The van der Waals surface area contributed by atoms with E-state index in [0.29, 0.717) is 22.9 Å². The van der Waals surface area contributed by atoms with Crippen LogP contribution in [0.3, 0.4) is 0 Å². The lowest BCUT2D eigenvalue weighted by Crippen LogP contribution is -2.26. The molecule has 0 fully saturated rings. The highest BCUT2D eigenvalue weighted by atomic mass is 16.7. The van der Waals surface area contributed by atoms with Gasteiger partial charge in [0.05, 0.1) is 23.2 Å². The van der Waals surface area contributed by atoms with E-state index in [9.17, 15) is 5.11 Å². The fourth-order valence-corrected chi connectivity index (χ4v) is 3.17. The summed E-state index contributed by atoms with van der Waals surface area (Å²) >= 11 is 0. The number of imidazole rings is 1. The summed E-state index contributed by atoms with van der Waals surface area (Å²) in [5.41, 5.74) is 2.83. The number of nitrogens with zero attached hydrogens (tertiary/aromatic N) is 2. The van der Waals surface area contributed by atoms with Gasteiger partial charge in [-0.25, -0.2) is 4.98 Å². The lowest BCUT2D eigenvalue weighted by molar-refractivity contribution is 0.174. The Morgan fingerprint density at radius 3 is 2.84 bits per heavy atom. The van der Waals surface area contributed by atoms with Crippen molar-refractivity contribution in [2.45, 2.75) is 0 Å². The second-order valence-electron chi connectivity index (χ2n) is 5.90. The van der Waals surface area contributed by atoms with Crippen molar-refractivity contribution in [3.63, 3.8) is 0 Å². The van der Waals surface area contributed by atoms with Crippen LogP contribution in [0.1, 0.15) is 5.82 Å². The number of aromatic nitrogens is 2. The van der Waals surface area contributed by atoms with Crippen LogP contribution >= 0.6 is 0 Å². The van der Waals surface area contributed by atoms with Gasteiger partial charge in [0.2, 0.25) is 6.79 Å². The first kappa shape index (κ1) is 13.9. The maximum Gasteiger partial charge on any atom is 0.231 e. The molecule has 3 heterocycles. The number of aliphatic hydroxyl groups excluding tert-OH is 1. The van der Waals surface area contributed by atoms with Gasteiger partial charge in [-0.3, -0.25) is 5.41 Å². The standard InChI is InChI=1S/C18H14N4O3/c19-17-16(18-20-11-3-1-2-4-12(11)21-18)13(23)8-22(17)10-5-6-14-15(7-10)25-9-24-14/h1-7,19,23H,8-9H2,(H,20,21). The maximum absolute atomic E-state index is 10.4. The molecule has 0 unspecified atom stereocenters. The molecule has 0 saturated carbocycles. The molecule has 2 aromatic carbocycles. The number of H-pyrrole nitrogens is 1. The van der Waals surface area contributed by atoms with E-state index in [0.717, 1.165) is 16.7 Å². The molecule has 3 N–H and O–H groups in total. The molecule has 2 aliphatic rings. The van der Waals surface area contributed by atoms with Crippen molar-refractivity contribution in [1.29, 1.82) is 5.41 Å². The fraction of sp³-hybridized carbons (Fsp3) is 0.111. The van der Waals surface area contributed by atoms with Crippen LogP contribution in [0.2, 0.25) is 0 Å². The van der Waals surface area contributed by atoms with Gasteiger partial charge in [0.1, 0.15) is 17.4 Å². The minimum atomic E-state index is 0.113. The zero-order valence-corrected chi connectivity index (χ0v) is 13.1. The number of para-hydroxylation sites is 2. The van der Waals surface area contributed by atoms with Crippen LogP contribution in [0.4, 0.5) is 5.69 Å². The molecule has 124 valence electrons. The molecular weight excluding hydrogens is 320 g/mol. The lowest BCUT2D eigenvalue weighted by Gasteiger charge is -2.18. The first-order chi connectivity index (χ1) is 12.2. The van der Waals surface area contributed by atoms with Gasteiger partial charge in [0.15, 0.2) is 11.5 Å². The van der Waals surface area contributed by atoms with E-state index in [-0.39, 0.29) is 24.9 Å². The van der Waals surface area contributed by atoms with Crippen molar-refractivity contribution in [2.75, 3.05) is 18.2 Å². The number of benzene rings is 2. The Hall–Kier alpha value is -3.48. The average Bonchev–Trinajstić information content (AvgIpc) is 3.30. The molecule has 0 bridgehead atoms. The summed E-state index contributed by atoms with van der Waals surface area (Å²) in [6.07, 6.45) is 0. The van der Waals surface area contributed by atoms with E-state index < -0.39 is 0 Å². The maximum atomic E-state index is 10.4. The van der Waals surface area contributed by atoms with Gasteiger partial charge in [0.25, 0.3) is 0 Å². The summed E-state index contributed by atoms with van der Waals surface area (Å²) in [5, 5.41) is 19.0. The molecular formula is C18H14N4O3. The van der Waals surface area contributed by atoms with Gasteiger partial charge in [-0.2, -0.15) is 0 Å². The number of anilines is 1. The van der Waals surface area contributed by atoms with E-state index in [1.165, 1.54) is 0 Å². The highest BCUT2D eigenvalue weighted by Crippen LogP contribution is 2.38. The second kappa shape index (κ2) is 5.01. The van der Waals surface area contributed by atoms with Gasteiger partial charge in [0, 0.05) is 11.8 Å². The summed E-state index contributed by atoms with van der Waals surface area (Å²) in [6.45, 7) is 0.412. The minimum absolute atomic E-state index is 0.113. The summed E-state index contributed by atoms with van der Waals surface area (Å²) in [5.74, 6) is 2.12. The van der Waals surface area contributed by atoms with Crippen LogP contribution in [0.15, 0.2) is 48.2 Å². The van der Waals surface area contributed by atoms with Crippen molar-refractivity contribution >= 4 is 28.1 Å². The summed E-state index contributed by atoms with van der Waals surface area (Å²) in [6, 6.07) is 13.1. The topological polar surface area (TPSA) is 94.5 Å². The molecule has 7 nitrogen and oxygen atoms in total. The Balaban J connectivity index is 1.52. The highest BCUT2D eigenvalue weighted by molar-refractivity contribution is 6.30. The Morgan fingerprint density at radius 1 is 1.12 bits per heavy atom. The number of hydrogen-bond donors (Lipinski definition) is 3. The average molecular weight is 334 g/mol. The molecule has 0 saturated heterocycles. The molecule has 0 atom stereocenters. The first-order valence-corrected chi connectivity index (χ1v) is 7.84. The predicted molar refractivity (Wildman–Crippen MR) is 93.3 cm³/mol. The molecule has 7 heteroatoms. The molecule has 2 aliphatic heterocycles. The SMILES string of the molecule is N=C1C(c2nc3ccccc3[nH]2)=C(O)CN1c1ccc2c(c1)OCO2. The predicted octanol–water partition coefficient (Wildman–Crippen LogP) is 3.06. The minimum Gasteiger partial charge on any atom is -0.509 e. The Kier molecular flexibility index (Phi) is 2.79.